The summed E-state index contributed by atoms with van der Waals surface area (Å²) in [5.74, 6) is 0.225. The summed E-state index contributed by atoms with van der Waals surface area (Å²) in [5.41, 5.74) is 5.39. The Morgan fingerprint density at radius 2 is 1.18 bits per heavy atom. The van der Waals surface area contributed by atoms with Crippen LogP contribution in [0.5, 0.6) is 0 Å². The van der Waals surface area contributed by atoms with Crippen LogP contribution in [-0.4, -0.2) is 31.9 Å². The maximum atomic E-state index is 13.0. The second-order valence-electron chi connectivity index (χ2n) is 12.8. The molecule has 0 fully saturated rings. The van der Waals surface area contributed by atoms with Crippen molar-refractivity contribution in [3.05, 3.63) is 82.6 Å². The van der Waals surface area contributed by atoms with Crippen LogP contribution < -0.4 is 0 Å². The third-order valence-electron chi connectivity index (χ3n) is 6.81. The predicted octanol–water partition coefficient (Wildman–Crippen LogP) is 7.11. The molecule has 0 amide bonds. The van der Waals surface area contributed by atoms with E-state index in [9.17, 15) is 4.79 Å². The molecule has 1 heterocycles. The Morgan fingerprint density at radius 3 is 1.53 bits per heavy atom. The van der Waals surface area contributed by atoms with E-state index in [1.165, 1.54) is 22.3 Å². The predicted molar refractivity (Wildman–Crippen MR) is 152 cm³/mol. The lowest BCUT2D eigenvalue weighted by Gasteiger charge is -2.22. The normalized spacial score (nSPS) is 16.5. The molecule has 2 aromatic rings. The van der Waals surface area contributed by atoms with Crippen LogP contribution in [-0.2, 0) is 47.7 Å². The number of carbonyl (C=O) groups excluding carboxylic acids is 1. The zero-order chi connectivity index (χ0) is 27.9. The van der Waals surface area contributed by atoms with E-state index in [4.69, 9.17) is 19.2 Å². The van der Waals surface area contributed by atoms with Gasteiger partial charge in [0.2, 0.25) is 12.0 Å². The molecule has 2 atom stereocenters. The van der Waals surface area contributed by atoms with Crippen LogP contribution in [0, 0.1) is 11.8 Å². The van der Waals surface area contributed by atoms with Crippen molar-refractivity contribution in [2.75, 3.05) is 19.8 Å². The van der Waals surface area contributed by atoms with Crippen LogP contribution in [0.2, 0.25) is 0 Å². The van der Waals surface area contributed by atoms with Crippen LogP contribution in [0.1, 0.15) is 77.6 Å². The molecule has 0 N–H and O–H groups in total. The van der Waals surface area contributed by atoms with Gasteiger partial charge >= 0.3 is 0 Å². The van der Waals surface area contributed by atoms with E-state index in [1.54, 1.807) is 6.08 Å². The van der Waals surface area contributed by atoms with Gasteiger partial charge < -0.3 is 14.4 Å². The highest BCUT2D eigenvalue weighted by molar-refractivity contribution is 5.96. The smallest absolute Gasteiger partial charge is 0.257 e. The first-order valence-corrected chi connectivity index (χ1v) is 13.8. The Labute approximate surface area is 229 Å². The summed E-state index contributed by atoms with van der Waals surface area (Å²) < 4.78 is 12.1. The molecule has 5 heteroatoms. The standard InChI is InChI=1S/C33H46O5/c1-23(19-25-9-13-27(14-10-25)32(3,4)5)21-35-31(30(34)29-17-18-37-38-29)36-22-24(2)20-26-11-15-28(16-12-26)33(6,7)8/h9-17,23-24,31H,18-22H2,1-8H3. The molecule has 38 heavy (non-hydrogen) atoms. The van der Waals surface area contributed by atoms with Crippen molar-refractivity contribution in [2.24, 2.45) is 11.8 Å². The van der Waals surface area contributed by atoms with Crippen molar-refractivity contribution in [2.45, 2.75) is 85.4 Å². The SMILES string of the molecule is CC(COC(OCC(C)Cc1ccc(C(C)(C)C)cc1)C(=O)C1=CCOO1)Cc1ccc(C(C)(C)C)cc1. The summed E-state index contributed by atoms with van der Waals surface area (Å²) in [5, 5.41) is 0. The number of rotatable bonds is 12. The summed E-state index contributed by atoms with van der Waals surface area (Å²) >= 11 is 0. The average Bonchev–Trinajstić information content (AvgIpc) is 3.38. The molecular formula is C33H46O5. The van der Waals surface area contributed by atoms with Gasteiger partial charge in [-0.1, -0.05) is 104 Å². The quantitative estimate of drug-likeness (QED) is 0.220. The molecule has 1 aliphatic rings. The lowest BCUT2D eigenvalue weighted by molar-refractivity contribution is -0.239. The maximum absolute atomic E-state index is 13.0. The van der Waals surface area contributed by atoms with Crippen LogP contribution in [0.4, 0.5) is 0 Å². The second-order valence-corrected chi connectivity index (χ2v) is 12.8. The highest BCUT2D eigenvalue weighted by Crippen LogP contribution is 2.24. The Morgan fingerprint density at radius 1 is 0.763 bits per heavy atom. The molecule has 1 aliphatic heterocycles. The Balaban J connectivity index is 1.55. The molecule has 0 radical (unpaired) electrons. The molecule has 0 saturated heterocycles. The van der Waals surface area contributed by atoms with E-state index in [1.807, 2.05) is 0 Å². The van der Waals surface area contributed by atoms with E-state index >= 15 is 0 Å². The Bertz CT molecular complexity index is 985. The fraction of sp³-hybridized carbons (Fsp3) is 0.545. The molecule has 5 nitrogen and oxygen atoms in total. The fourth-order valence-electron chi connectivity index (χ4n) is 4.41. The monoisotopic (exact) mass is 522 g/mol. The fourth-order valence-corrected chi connectivity index (χ4v) is 4.41. The van der Waals surface area contributed by atoms with Gasteiger partial charge in [0.1, 0.15) is 6.61 Å². The number of hydrogen-bond donors (Lipinski definition) is 0. The molecule has 0 spiro atoms. The molecule has 0 aliphatic carbocycles. The lowest BCUT2D eigenvalue weighted by Crippen LogP contribution is -2.32. The highest BCUT2D eigenvalue weighted by atomic mass is 17.2. The van der Waals surface area contributed by atoms with E-state index in [0.717, 1.165) is 12.8 Å². The molecule has 2 aromatic carbocycles. The van der Waals surface area contributed by atoms with Gasteiger partial charge in [0.05, 0.1) is 13.2 Å². The summed E-state index contributed by atoms with van der Waals surface area (Å²) in [6.45, 7) is 18.6. The van der Waals surface area contributed by atoms with Crippen LogP contribution >= 0.6 is 0 Å². The van der Waals surface area contributed by atoms with Crippen molar-refractivity contribution >= 4 is 5.78 Å². The average molecular weight is 523 g/mol. The number of carbonyl (C=O) groups is 1. The topological polar surface area (TPSA) is 54.0 Å². The molecule has 208 valence electrons. The van der Waals surface area contributed by atoms with Gasteiger partial charge in [-0.05, 0) is 63.8 Å². The van der Waals surface area contributed by atoms with E-state index in [0.29, 0.717) is 13.2 Å². The van der Waals surface area contributed by atoms with Crippen molar-refractivity contribution in [3.63, 3.8) is 0 Å². The van der Waals surface area contributed by atoms with Gasteiger partial charge in [-0.3, -0.25) is 4.79 Å². The van der Waals surface area contributed by atoms with Crippen LogP contribution in [0.15, 0.2) is 60.4 Å². The number of ketones is 1. The zero-order valence-corrected chi connectivity index (χ0v) is 24.5. The minimum Gasteiger partial charge on any atom is -0.345 e. The molecule has 3 rings (SSSR count). The number of ether oxygens (including phenoxy) is 2. The number of hydrogen-bond acceptors (Lipinski definition) is 5. The van der Waals surface area contributed by atoms with Gasteiger partial charge in [0, 0.05) is 0 Å². The van der Waals surface area contributed by atoms with Crippen LogP contribution in [0.3, 0.4) is 0 Å². The Kier molecular flexibility index (Phi) is 10.3. The Hall–Kier alpha value is -2.47. The summed E-state index contributed by atoms with van der Waals surface area (Å²) in [6.07, 6.45) is 2.30. The minimum atomic E-state index is -1.03. The molecule has 2 unspecified atom stereocenters. The first kappa shape index (κ1) is 30.1. The lowest BCUT2D eigenvalue weighted by atomic mass is 9.86. The molecule has 0 aromatic heterocycles. The van der Waals surface area contributed by atoms with E-state index in [-0.39, 0.29) is 40.8 Å². The zero-order valence-electron chi connectivity index (χ0n) is 24.5. The number of benzene rings is 2. The highest BCUT2D eigenvalue weighted by Gasteiger charge is 2.29. The van der Waals surface area contributed by atoms with Crippen molar-refractivity contribution < 1.29 is 24.0 Å². The van der Waals surface area contributed by atoms with Crippen LogP contribution in [0.25, 0.3) is 0 Å². The summed E-state index contributed by atoms with van der Waals surface area (Å²) in [7, 11) is 0. The molecule has 0 saturated carbocycles. The maximum Gasteiger partial charge on any atom is 0.257 e. The molecular weight excluding hydrogens is 476 g/mol. The second kappa shape index (κ2) is 13.1. The van der Waals surface area contributed by atoms with Gasteiger partial charge in [-0.2, -0.15) is 4.89 Å². The van der Waals surface area contributed by atoms with Crippen molar-refractivity contribution in [3.8, 4) is 0 Å². The summed E-state index contributed by atoms with van der Waals surface area (Å²) in [6, 6.07) is 17.5. The largest absolute Gasteiger partial charge is 0.345 e. The first-order chi connectivity index (χ1) is 17.8. The van der Waals surface area contributed by atoms with Gasteiger partial charge in [-0.25, -0.2) is 0 Å². The third kappa shape index (κ3) is 9.07. The minimum absolute atomic E-state index is 0.131. The van der Waals surface area contributed by atoms with Crippen molar-refractivity contribution in [1.82, 2.24) is 0 Å². The van der Waals surface area contributed by atoms with Gasteiger partial charge in [-0.15, -0.1) is 0 Å². The third-order valence-corrected chi connectivity index (χ3v) is 6.81. The molecule has 0 bridgehead atoms. The summed E-state index contributed by atoms with van der Waals surface area (Å²) in [4.78, 5) is 22.9. The van der Waals surface area contributed by atoms with Gasteiger partial charge in [0.25, 0.3) is 5.78 Å². The first-order valence-electron chi connectivity index (χ1n) is 13.8. The number of Topliss-reactive ketones (excluding diaryl/α,β-unsaturated/α-hetero) is 1. The van der Waals surface area contributed by atoms with E-state index in [2.05, 4.69) is 104 Å². The van der Waals surface area contributed by atoms with Crippen molar-refractivity contribution in [1.29, 1.82) is 0 Å². The van der Waals surface area contributed by atoms with E-state index < -0.39 is 6.29 Å². The van der Waals surface area contributed by atoms with Gasteiger partial charge in [0.15, 0.2) is 0 Å².